The lowest BCUT2D eigenvalue weighted by Gasteiger charge is -2.11. The summed E-state index contributed by atoms with van der Waals surface area (Å²) < 4.78 is 29.6. The maximum absolute atomic E-state index is 11.6. The third-order valence-corrected chi connectivity index (χ3v) is 7.41. The fraction of sp³-hybridized carbons (Fsp3) is 0.118. The minimum absolute atomic E-state index is 0.300. The summed E-state index contributed by atoms with van der Waals surface area (Å²) >= 11 is 5.38. The Labute approximate surface area is 153 Å². The molecule has 0 saturated heterocycles. The van der Waals surface area contributed by atoms with Crippen LogP contribution in [0.5, 0.6) is 5.75 Å². The van der Waals surface area contributed by atoms with Gasteiger partial charge in [0.2, 0.25) is 0 Å². The second kappa shape index (κ2) is 6.76. The molecule has 0 aliphatic heterocycles. The molecule has 0 aliphatic rings. The van der Waals surface area contributed by atoms with Crippen LogP contribution in [0.2, 0.25) is 0 Å². The topological polar surface area (TPSA) is 43.4 Å². The van der Waals surface area contributed by atoms with Crippen molar-refractivity contribution in [2.45, 2.75) is 4.90 Å². The molecule has 2 aromatic carbocycles. The molecular weight excluding hydrogens is 380 g/mol. The van der Waals surface area contributed by atoms with E-state index >= 15 is 0 Å². The van der Waals surface area contributed by atoms with Crippen LogP contribution >= 0.6 is 32.9 Å². The Morgan fingerprint density at radius 3 is 2.21 bits per heavy atom. The number of benzene rings is 2. The monoisotopic (exact) mass is 394 g/mol. The number of ether oxygens (including phenoxy) is 1. The van der Waals surface area contributed by atoms with Gasteiger partial charge in [-0.15, -0.1) is 0 Å². The van der Waals surface area contributed by atoms with Crippen LogP contribution < -0.4 is 4.74 Å². The minimum Gasteiger partial charge on any atom is -0.496 e. The first-order valence-electron chi connectivity index (χ1n) is 6.97. The molecule has 0 unspecified atom stereocenters. The van der Waals surface area contributed by atoms with Crippen LogP contribution in [0.3, 0.4) is 0 Å². The van der Waals surface area contributed by atoms with Crippen molar-refractivity contribution < 1.29 is 13.2 Å². The molecule has 24 heavy (non-hydrogen) atoms. The average Bonchev–Trinajstić information content (AvgIpc) is 2.99. The first-order chi connectivity index (χ1) is 11.4. The molecule has 124 valence electrons. The molecule has 0 N–H and O–H groups in total. The van der Waals surface area contributed by atoms with E-state index in [1.165, 1.54) is 6.26 Å². The maximum Gasteiger partial charge on any atom is 0.175 e. The van der Waals surface area contributed by atoms with E-state index in [0.29, 0.717) is 4.90 Å². The van der Waals surface area contributed by atoms with E-state index in [1.54, 1.807) is 52.1 Å². The smallest absolute Gasteiger partial charge is 0.175 e. The van der Waals surface area contributed by atoms with Crippen molar-refractivity contribution in [3.05, 3.63) is 51.7 Å². The zero-order valence-corrected chi connectivity index (χ0v) is 16.2. The van der Waals surface area contributed by atoms with Gasteiger partial charge in [0.15, 0.2) is 9.84 Å². The summed E-state index contributed by atoms with van der Waals surface area (Å²) in [5.41, 5.74) is 3.86. The van der Waals surface area contributed by atoms with Crippen LogP contribution in [0.1, 0.15) is 0 Å². The van der Waals surface area contributed by atoms with Gasteiger partial charge in [0.1, 0.15) is 9.57 Å². The van der Waals surface area contributed by atoms with Crippen LogP contribution in [-0.2, 0) is 9.84 Å². The SMILES string of the molecule is COc1ccc(-c2cssc2=S)cc1-c1ccc(S(C)(=O)=O)cc1. The number of hydrogen-bond donors (Lipinski definition) is 0. The van der Waals surface area contributed by atoms with Gasteiger partial charge >= 0.3 is 0 Å². The Morgan fingerprint density at radius 1 is 1.00 bits per heavy atom. The molecule has 0 aliphatic carbocycles. The quantitative estimate of drug-likeness (QED) is 0.446. The number of hydrogen-bond acceptors (Lipinski definition) is 6. The normalized spacial score (nSPS) is 11.4. The Hall–Kier alpha value is -1.54. The highest BCUT2D eigenvalue weighted by atomic mass is 32.9. The summed E-state index contributed by atoms with van der Waals surface area (Å²) in [6.45, 7) is 0. The van der Waals surface area contributed by atoms with Crippen molar-refractivity contribution in [1.82, 2.24) is 0 Å². The van der Waals surface area contributed by atoms with E-state index in [4.69, 9.17) is 17.0 Å². The van der Waals surface area contributed by atoms with Crippen LogP contribution in [0.25, 0.3) is 22.3 Å². The number of sulfone groups is 1. The number of rotatable bonds is 4. The van der Waals surface area contributed by atoms with Crippen molar-refractivity contribution in [1.29, 1.82) is 0 Å². The Morgan fingerprint density at radius 2 is 1.67 bits per heavy atom. The van der Waals surface area contributed by atoms with Gasteiger partial charge in [-0.1, -0.05) is 51.1 Å². The van der Waals surface area contributed by atoms with Gasteiger partial charge in [-0.25, -0.2) is 8.42 Å². The lowest BCUT2D eigenvalue weighted by molar-refractivity contribution is 0.416. The molecule has 3 nitrogen and oxygen atoms in total. The van der Waals surface area contributed by atoms with Gasteiger partial charge in [0.25, 0.3) is 0 Å². The summed E-state index contributed by atoms with van der Waals surface area (Å²) in [4.78, 5) is 0.300. The molecule has 0 spiro atoms. The largest absolute Gasteiger partial charge is 0.496 e. The van der Waals surface area contributed by atoms with Crippen LogP contribution in [0.15, 0.2) is 52.7 Å². The molecule has 7 heteroatoms. The molecule has 1 heterocycles. The minimum atomic E-state index is -3.21. The van der Waals surface area contributed by atoms with E-state index in [-0.39, 0.29) is 0 Å². The van der Waals surface area contributed by atoms with Gasteiger partial charge in [-0.2, -0.15) is 0 Å². The molecule has 1 aromatic heterocycles. The lowest BCUT2D eigenvalue weighted by atomic mass is 10.00. The zero-order chi connectivity index (χ0) is 17.3. The van der Waals surface area contributed by atoms with Gasteiger partial charge in [0.05, 0.1) is 12.0 Å². The first kappa shape index (κ1) is 17.3. The molecule has 0 fully saturated rings. The van der Waals surface area contributed by atoms with Gasteiger partial charge < -0.3 is 4.74 Å². The van der Waals surface area contributed by atoms with Crippen LogP contribution in [0, 0.1) is 3.82 Å². The first-order valence-corrected chi connectivity index (χ1v) is 11.5. The third-order valence-electron chi connectivity index (χ3n) is 3.61. The summed E-state index contributed by atoms with van der Waals surface area (Å²) in [5, 5.41) is 2.05. The summed E-state index contributed by atoms with van der Waals surface area (Å²) in [7, 11) is 1.60. The zero-order valence-electron chi connectivity index (χ0n) is 13.0. The highest BCUT2D eigenvalue weighted by Crippen LogP contribution is 2.36. The Kier molecular flexibility index (Phi) is 4.87. The average molecular weight is 395 g/mol. The molecule has 3 aromatic rings. The summed E-state index contributed by atoms with van der Waals surface area (Å²) in [5.74, 6) is 0.732. The highest BCUT2D eigenvalue weighted by Gasteiger charge is 2.12. The van der Waals surface area contributed by atoms with Crippen LogP contribution in [-0.4, -0.2) is 21.8 Å². The van der Waals surface area contributed by atoms with E-state index < -0.39 is 9.84 Å². The van der Waals surface area contributed by atoms with Crippen LogP contribution in [0.4, 0.5) is 0 Å². The molecule has 3 rings (SSSR count). The van der Waals surface area contributed by atoms with Gasteiger partial charge in [-0.3, -0.25) is 0 Å². The predicted molar refractivity (Wildman–Crippen MR) is 104 cm³/mol. The second-order valence-corrected chi connectivity index (χ2v) is 9.97. The molecule has 0 amide bonds. The van der Waals surface area contributed by atoms with Crippen molar-refractivity contribution >= 4 is 42.7 Å². The second-order valence-electron chi connectivity index (χ2n) is 5.21. The van der Waals surface area contributed by atoms with Crippen molar-refractivity contribution in [3.63, 3.8) is 0 Å². The molecular formula is C17H14O3S4. The van der Waals surface area contributed by atoms with Crippen molar-refractivity contribution in [2.75, 3.05) is 13.4 Å². The van der Waals surface area contributed by atoms with E-state index in [9.17, 15) is 8.42 Å². The summed E-state index contributed by atoms with van der Waals surface area (Å²) in [6, 6.07) is 12.7. The molecule has 0 saturated carbocycles. The van der Waals surface area contributed by atoms with Crippen molar-refractivity contribution in [2.24, 2.45) is 0 Å². The highest BCUT2D eigenvalue weighted by molar-refractivity contribution is 7.90. The summed E-state index contributed by atoms with van der Waals surface area (Å²) in [6.07, 6.45) is 1.20. The Balaban J connectivity index is 2.12. The van der Waals surface area contributed by atoms with Gasteiger partial charge in [-0.05, 0) is 35.4 Å². The molecule has 0 atom stereocenters. The van der Waals surface area contributed by atoms with Crippen molar-refractivity contribution in [3.8, 4) is 28.0 Å². The predicted octanol–water partition coefficient (Wildman–Crippen LogP) is 5.29. The molecule has 0 bridgehead atoms. The third kappa shape index (κ3) is 3.44. The number of methoxy groups -OCH3 is 1. The van der Waals surface area contributed by atoms with E-state index in [2.05, 4.69) is 0 Å². The van der Waals surface area contributed by atoms with E-state index in [0.717, 1.165) is 31.8 Å². The van der Waals surface area contributed by atoms with Gasteiger partial charge in [0, 0.05) is 22.8 Å². The fourth-order valence-electron chi connectivity index (χ4n) is 2.38. The standard InChI is InChI=1S/C17H14O3S4/c1-20-16-8-5-12(15-10-22-23-17(15)21)9-14(16)11-3-6-13(7-4-11)24(2,18)19/h3-10H,1-2H3. The lowest BCUT2D eigenvalue weighted by Crippen LogP contribution is -1.96. The molecule has 0 radical (unpaired) electrons. The fourth-order valence-corrected chi connectivity index (χ4v) is 5.40. The van der Waals surface area contributed by atoms with E-state index in [1.807, 2.05) is 23.6 Å². The maximum atomic E-state index is 11.6. The Bertz CT molecular complexity index is 1030.